The van der Waals surface area contributed by atoms with Crippen molar-refractivity contribution in [3.8, 4) is 11.4 Å². The van der Waals surface area contributed by atoms with Gasteiger partial charge in [0.1, 0.15) is 11.4 Å². The largest absolute Gasteiger partial charge is 0.427 e. The van der Waals surface area contributed by atoms with Crippen molar-refractivity contribution in [1.29, 1.82) is 0 Å². The highest BCUT2D eigenvalue weighted by Gasteiger charge is 2.23. The Morgan fingerprint density at radius 1 is 1.12 bits per heavy atom. The lowest BCUT2D eigenvalue weighted by Crippen LogP contribution is -2.22. The van der Waals surface area contributed by atoms with E-state index in [1.165, 1.54) is 6.92 Å². The van der Waals surface area contributed by atoms with Crippen molar-refractivity contribution in [2.45, 2.75) is 20.8 Å². The Kier molecular flexibility index (Phi) is 4.14. The summed E-state index contributed by atoms with van der Waals surface area (Å²) in [6, 6.07) is 8.54. The molecule has 1 aliphatic heterocycles. The second-order valence-corrected chi connectivity index (χ2v) is 5.72. The summed E-state index contributed by atoms with van der Waals surface area (Å²) < 4.78 is 7.05. The van der Waals surface area contributed by atoms with Gasteiger partial charge in [0.05, 0.1) is 0 Å². The van der Waals surface area contributed by atoms with E-state index in [0.717, 1.165) is 22.6 Å². The molecule has 2 heterocycles. The predicted octanol–water partition coefficient (Wildman–Crippen LogP) is 2.20. The molecule has 0 saturated carbocycles. The summed E-state index contributed by atoms with van der Waals surface area (Å²) in [5, 5.41) is 4.65. The molecule has 2 N–H and O–H groups in total. The fourth-order valence-electron chi connectivity index (χ4n) is 2.80. The first-order chi connectivity index (χ1) is 11.8. The van der Waals surface area contributed by atoms with E-state index in [9.17, 15) is 14.4 Å². The van der Waals surface area contributed by atoms with Crippen LogP contribution in [-0.4, -0.2) is 22.5 Å². The van der Waals surface area contributed by atoms with Crippen LogP contribution in [0.3, 0.4) is 0 Å². The Morgan fingerprint density at radius 3 is 2.36 bits per heavy atom. The third-order valence-electron chi connectivity index (χ3n) is 3.85. The maximum atomic E-state index is 11.7. The number of ether oxygens (including phenoxy) is 1. The molecule has 0 spiro atoms. The van der Waals surface area contributed by atoms with Gasteiger partial charge in [-0.3, -0.25) is 14.9 Å². The normalized spacial score (nSPS) is 15.2. The molecule has 1 aromatic carbocycles. The lowest BCUT2D eigenvalue weighted by atomic mass is 10.2. The maximum Gasteiger partial charge on any atom is 0.326 e. The monoisotopic (exact) mass is 339 g/mol. The number of carbonyl (C=O) groups excluding carboxylic acids is 3. The molecule has 0 bridgehead atoms. The summed E-state index contributed by atoms with van der Waals surface area (Å²) in [4.78, 5) is 33.9. The molecule has 7 nitrogen and oxygen atoms in total. The zero-order valence-electron chi connectivity index (χ0n) is 14.0. The average Bonchev–Trinajstić information content (AvgIpc) is 2.99. The first-order valence-electron chi connectivity index (χ1n) is 7.67. The van der Waals surface area contributed by atoms with E-state index in [4.69, 9.17) is 4.74 Å². The Balaban J connectivity index is 1.95. The fourth-order valence-corrected chi connectivity index (χ4v) is 2.80. The van der Waals surface area contributed by atoms with E-state index in [1.807, 2.05) is 36.6 Å². The summed E-state index contributed by atoms with van der Waals surface area (Å²) >= 11 is 0. The zero-order chi connectivity index (χ0) is 18.1. The molecular formula is C18H17N3O4. The predicted molar refractivity (Wildman–Crippen MR) is 91.2 cm³/mol. The van der Waals surface area contributed by atoms with E-state index in [-0.39, 0.29) is 11.7 Å². The van der Waals surface area contributed by atoms with Crippen LogP contribution < -0.4 is 15.4 Å². The number of aryl methyl sites for hydroxylation is 1. The quantitative estimate of drug-likeness (QED) is 0.388. The highest BCUT2D eigenvalue weighted by Crippen LogP contribution is 2.24. The van der Waals surface area contributed by atoms with Crippen LogP contribution in [0.5, 0.6) is 5.75 Å². The van der Waals surface area contributed by atoms with Gasteiger partial charge in [0.25, 0.3) is 5.91 Å². The van der Waals surface area contributed by atoms with Crippen molar-refractivity contribution in [1.82, 2.24) is 15.2 Å². The number of aromatic nitrogens is 1. The van der Waals surface area contributed by atoms with Gasteiger partial charge in [-0.2, -0.15) is 0 Å². The number of nitrogens with zero attached hydrogens (tertiary/aromatic N) is 1. The van der Waals surface area contributed by atoms with Gasteiger partial charge in [-0.15, -0.1) is 0 Å². The third kappa shape index (κ3) is 3.30. The highest BCUT2D eigenvalue weighted by atomic mass is 16.5. The SMILES string of the molecule is CC(=O)Oc1ccc(-n2c(C)cc(/C=C3\NC(=O)NC3=O)c2C)cc1. The molecule has 0 unspecified atom stereocenters. The van der Waals surface area contributed by atoms with Gasteiger partial charge >= 0.3 is 12.0 Å². The first-order valence-corrected chi connectivity index (χ1v) is 7.67. The van der Waals surface area contributed by atoms with Gasteiger partial charge in [0.15, 0.2) is 0 Å². The smallest absolute Gasteiger partial charge is 0.326 e. The number of esters is 1. The van der Waals surface area contributed by atoms with E-state index < -0.39 is 11.9 Å². The van der Waals surface area contributed by atoms with Crippen LogP contribution in [-0.2, 0) is 9.59 Å². The number of carbonyl (C=O) groups is 3. The molecule has 128 valence electrons. The molecule has 0 aliphatic carbocycles. The number of hydrogen-bond acceptors (Lipinski definition) is 4. The molecule has 25 heavy (non-hydrogen) atoms. The number of amides is 3. The summed E-state index contributed by atoms with van der Waals surface area (Å²) in [6.45, 7) is 5.22. The number of nitrogens with one attached hydrogen (secondary N) is 2. The van der Waals surface area contributed by atoms with E-state index in [2.05, 4.69) is 10.6 Å². The van der Waals surface area contributed by atoms with Crippen LogP contribution in [0.1, 0.15) is 23.9 Å². The minimum absolute atomic E-state index is 0.218. The van der Waals surface area contributed by atoms with Gasteiger partial charge in [-0.05, 0) is 55.8 Å². The second-order valence-electron chi connectivity index (χ2n) is 5.72. The van der Waals surface area contributed by atoms with Crippen molar-refractivity contribution >= 4 is 24.0 Å². The van der Waals surface area contributed by atoms with Crippen LogP contribution in [0.25, 0.3) is 11.8 Å². The zero-order valence-corrected chi connectivity index (χ0v) is 14.0. The molecule has 1 saturated heterocycles. The van der Waals surface area contributed by atoms with Gasteiger partial charge in [0, 0.05) is 24.0 Å². The molecule has 3 amide bonds. The number of hydrogen-bond donors (Lipinski definition) is 2. The molecule has 1 aromatic heterocycles. The lowest BCUT2D eigenvalue weighted by molar-refractivity contribution is -0.131. The summed E-state index contributed by atoms with van der Waals surface area (Å²) in [7, 11) is 0. The van der Waals surface area contributed by atoms with Gasteiger partial charge in [-0.25, -0.2) is 4.79 Å². The molecule has 2 aromatic rings. The first kappa shape index (κ1) is 16.5. The molecule has 3 rings (SSSR count). The van der Waals surface area contributed by atoms with Crippen LogP contribution >= 0.6 is 0 Å². The standard InChI is InChI=1S/C18H17N3O4/c1-10-8-13(9-16-17(23)20-18(24)19-16)11(2)21(10)14-4-6-15(7-5-14)25-12(3)22/h4-9H,1-3H3,(H2,19,20,23,24)/b16-9-. The second kappa shape index (κ2) is 6.27. The molecule has 0 atom stereocenters. The topological polar surface area (TPSA) is 89.4 Å². The third-order valence-corrected chi connectivity index (χ3v) is 3.85. The van der Waals surface area contributed by atoms with Crippen molar-refractivity contribution in [2.75, 3.05) is 0 Å². The number of urea groups is 1. The molecule has 0 radical (unpaired) electrons. The molecule has 1 aliphatic rings. The number of rotatable bonds is 3. The molecule has 1 fully saturated rings. The highest BCUT2D eigenvalue weighted by molar-refractivity contribution is 6.14. The number of benzene rings is 1. The minimum Gasteiger partial charge on any atom is -0.427 e. The lowest BCUT2D eigenvalue weighted by Gasteiger charge is -2.10. The minimum atomic E-state index is -0.522. The fraction of sp³-hybridized carbons (Fsp3) is 0.167. The van der Waals surface area contributed by atoms with Crippen molar-refractivity contribution < 1.29 is 19.1 Å². The van der Waals surface area contributed by atoms with Crippen LogP contribution in [0.2, 0.25) is 0 Å². The average molecular weight is 339 g/mol. The van der Waals surface area contributed by atoms with E-state index in [1.54, 1.807) is 18.2 Å². The Labute approximate surface area is 144 Å². The van der Waals surface area contributed by atoms with Gasteiger partial charge in [-0.1, -0.05) is 0 Å². The molecule has 7 heteroatoms. The van der Waals surface area contributed by atoms with E-state index >= 15 is 0 Å². The van der Waals surface area contributed by atoms with Gasteiger partial charge < -0.3 is 14.6 Å². The number of imide groups is 1. The van der Waals surface area contributed by atoms with Crippen LogP contribution in [0, 0.1) is 13.8 Å². The van der Waals surface area contributed by atoms with Gasteiger partial charge in [0.2, 0.25) is 0 Å². The van der Waals surface area contributed by atoms with Crippen molar-refractivity contribution in [3.63, 3.8) is 0 Å². The summed E-state index contributed by atoms with van der Waals surface area (Å²) in [5.74, 6) is -0.334. The summed E-state index contributed by atoms with van der Waals surface area (Å²) in [5.41, 5.74) is 3.83. The van der Waals surface area contributed by atoms with Crippen LogP contribution in [0.15, 0.2) is 36.0 Å². The van der Waals surface area contributed by atoms with E-state index in [0.29, 0.717) is 5.75 Å². The Morgan fingerprint density at radius 2 is 1.80 bits per heavy atom. The van der Waals surface area contributed by atoms with Crippen molar-refractivity contribution in [3.05, 3.63) is 53.0 Å². The Hall–Kier alpha value is -3.35. The maximum absolute atomic E-state index is 11.7. The molecular weight excluding hydrogens is 322 g/mol. The van der Waals surface area contributed by atoms with Crippen LogP contribution in [0.4, 0.5) is 4.79 Å². The Bertz CT molecular complexity index is 907. The van der Waals surface area contributed by atoms with Crippen molar-refractivity contribution in [2.24, 2.45) is 0 Å². The summed E-state index contributed by atoms with van der Waals surface area (Å²) in [6.07, 6.45) is 1.65.